The van der Waals surface area contributed by atoms with Crippen LogP contribution in [-0.4, -0.2) is 68.0 Å². The summed E-state index contributed by atoms with van der Waals surface area (Å²) in [4.78, 5) is 18.7. The van der Waals surface area contributed by atoms with E-state index in [9.17, 15) is 4.79 Å². The average Bonchev–Trinajstić information content (AvgIpc) is 3.45. The van der Waals surface area contributed by atoms with Crippen LogP contribution in [0, 0.1) is 11.3 Å². The van der Waals surface area contributed by atoms with E-state index in [1.807, 2.05) is 42.2 Å². The zero-order chi connectivity index (χ0) is 25.1. The number of nitriles is 1. The van der Waals surface area contributed by atoms with Gasteiger partial charge in [-0.1, -0.05) is 0 Å². The second kappa shape index (κ2) is 10.1. The molecule has 0 unspecified atom stereocenters. The molecule has 4 aromatic heterocycles. The summed E-state index contributed by atoms with van der Waals surface area (Å²) in [6.45, 7) is 2.06. The fourth-order valence-electron chi connectivity index (χ4n) is 4.09. The Morgan fingerprint density at radius 3 is 2.83 bits per heavy atom. The number of nitrogens with one attached hydrogen (secondary N) is 2. The molecule has 0 aliphatic carbocycles. The third kappa shape index (κ3) is 4.85. The molecule has 1 saturated heterocycles. The number of anilines is 2. The summed E-state index contributed by atoms with van der Waals surface area (Å²) < 4.78 is 9.73. The van der Waals surface area contributed by atoms with Crippen LogP contribution in [0.3, 0.4) is 0 Å². The minimum atomic E-state index is -0.261. The lowest BCUT2D eigenvalue weighted by Gasteiger charge is -2.37. The third-order valence-electron chi connectivity index (χ3n) is 6.32. The van der Waals surface area contributed by atoms with E-state index in [2.05, 4.69) is 37.8 Å². The summed E-state index contributed by atoms with van der Waals surface area (Å²) in [7, 11) is 4.02. The van der Waals surface area contributed by atoms with Gasteiger partial charge >= 0.3 is 0 Å². The van der Waals surface area contributed by atoms with Crippen molar-refractivity contribution in [3.8, 4) is 23.1 Å². The highest BCUT2D eigenvalue weighted by molar-refractivity contribution is 5.94. The van der Waals surface area contributed by atoms with Gasteiger partial charge in [-0.25, -0.2) is 9.50 Å². The Morgan fingerprint density at radius 2 is 2.11 bits per heavy atom. The van der Waals surface area contributed by atoms with Gasteiger partial charge in [-0.15, -0.1) is 0 Å². The second-order valence-electron chi connectivity index (χ2n) is 8.75. The number of hydrogen-bond acceptors (Lipinski definition) is 8. The molecule has 5 heterocycles. The smallest absolute Gasteiger partial charge is 0.252 e. The van der Waals surface area contributed by atoms with Gasteiger partial charge < -0.3 is 15.4 Å². The van der Waals surface area contributed by atoms with Gasteiger partial charge in [0.25, 0.3) is 5.91 Å². The molecule has 0 saturated carbocycles. The Hall–Kier alpha value is -4.43. The maximum atomic E-state index is 12.1. The van der Waals surface area contributed by atoms with Gasteiger partial charge in [-0.3, -0.25) is 14.4 Å². The van der Waals surface area contributed by atoms with E-state index in [0.29, 0.717) is 36.4 Å². The quantitative estimate of drug-likeness (QED) is 0.347. The van der Waals surface area contributed by atoms with Crippen LogP contribution in [0.4, 0.5) is 11.6 Å². The number of nitrogens with zero attached hydrogens (tertiary/aromatic N) is 7. The normalized spacial score (nSPS) is 15.3. The highest BCUT2D eigenvalue weighted by Gasteiger charge is 2.25. The number of carbonyl (C=O) groups is 1. The standard InChI is InChI=1S/C25H27N9O2/c1-32-10-7-19(32)16-36-21-15-29-33(2)24(21)17-6-11-34-20(12-17)13-23(31-34)30-22-5-4-18(14-28-22)25(35)27-9-3-8-26/h4-6,11-15,19H,3,7,9-10,16H2,1-2H3,(H,27,35)(H,28,30,31)/t19-/m1/s1. The molecule has 0 radical (unpaired) electrons. The van der Waals surface area contributed by atoms with Crippen molar-refractivity contribution >= 4 is 23.1 Å². The monoisotopic (exact) mass is 485 g/mol. The lowest BCUT2D eigenvalue weighted by Crippen LogP contribution is -2.48. The number of ether oxygens (including phenoxy) is 1. The largest absolute Gasteiger partial charge is 0.488 e. The van der Waals surface area contributed by atoms with Crippen molar-refractivity contribution in [3.63, 3.8) is 0 Å². The molecule has 1 atom stereocenters. The number of likely N-dealkylation sites (tertiary alicyclic amines) is 1. The van der Waals surface area contributed by atoms with E-state index in [4.69, 9.17) is 10.00 Å². The topological polar surface area (TPSA) is 125 Å². The van der Waals surface area contributed by atoms with Gasteiger partial charge in [0.15, 0.2) is 11.6 Å². The van der Waals surface area contributed by atoms with Crippen LogP contribution in [0.15, 0.2) is 48.9 Å². The number of amides is 1. The summed E-state index contributed by atoms with van der Waals surface area (Å²) in [5.41, 5.74) is 3.22. The fourth-order valence-corrected chi connectivity index (χ4v) is 4.09. The molecule has 1 aliphatic rings. The lowest BCUT2D eigenvalue weighted by molar-refractivity contribution is 0.0771. The predicted molar refractivity (Wildman–Crippen MR) is 134 cm³/mol. The summed E-state index contributed by atoms with van der Waals surface area (Å²) in [5, 5.41) is 23.4. The van der Waals surface area contributed by atoms with Gasteiger partial charge in [-0.2, -0.15) is 15.5 Å². The van der Waals surface area contributed by atoms with Crippen molar-refractivity contribution in [1.29, 1.82) is 5.26 Å². The Balaban J connectivity index is 1.29. The number of aryl methyl sites for hydroxylation is 1. The van der Waals surface area contributed by atoms with Crippen molar-refractivity contribution in [1.82, 2.24) is 34.6 Å². The van der Waals surface area contributed by atoms with Crippen molar-refractivity contribution in [2.45, 2.75) is 18.9 Å². The highest BCUT2D eigenvalue weighted by Crippen LogP contribution is 2.31. The first-order valence-corrected chi connectivity index (χ1v) is 11.7. The van der Waals surface area contributed by atoms with Crippen molar-refractivity contribution < 1.29 is 9.53 Å². The lowest BCUT2D eigenvalue weighted by atomic mass is 10.1. The van der Waals surface area contributed by atoms with Crippen LogP contribution in [-0.2, 0) is 7.05 Å². The van der Waals surface area contributed by atoms with Crippen LogP contribution in [0.1, 0.15) is 23.2 Å². The molecule has 4 aromatic rings. The van der Waals surface area contributed by atoms with E-state index in [0.717, 1.165) is 35.5 Å². The molecule has 36 heavy (non-hydrogen) atoms. The van der Waals surface area contributed by atoms with Crippen molar-refractivity contribution in [2.24, 2.45) is 7.05 Å². The van der Waals surface area contributed by atoms with E-state index in [1.54, 1.807) is 22.8 Å². The zero-order valence-corrected chi connectivity index (χ0v) is 20.2. The van der Waals surface area contributed by atoms with Gasteiger partial charge in [0.05, 0.1) is 29.8 Å². The molecular formula is C25H27N9O2. The first-order valence-electron chi connectivity index (χ1n) is 11.7. The molecule has 2 N–H and O–H groups in total. The van der Waals surface area contributed by atoms with E-state index in [-0.39, 0.29) is 12.3 Å². The second-order valence-corrected chi connectivity index (χ2v) is 8.75. The summed E-state index contributed by atoms with van der Waals surface area (Å²) in [6, 6.07) is 11.8. The molecule has 11 heteroatoms. The average molecular weight is 486 g/mol. The SMILES string of the molecule is CN1CC[C@@H]1COc1cnn(C)c1-c1ccn2nc(Nc3ccc(C(=O)NCCC#N)cn3)cc2c1. The number of rotatable bonds is 9. The van der Waals surface area contributed by atoms with E-state index >= 15 is 0 Å². The van der Waals surface area contributed by atoms with Crippen molar-refractivity contribution in [2.75, 3.05) is 32.1 Å². The van der Waals surface area contributed by atoms with Crippen LogP contribution in [0.2, 0.25) is 0 Å². The highest BCUT2D eigenvalue weighted by atomic mass is 16.5. The van der Waals surface area contributed by atoms with Gasteiger partial charge in [0.2, 0.25) is 0 Å². The molecule has 1 amide bonds. The molecule has 0 bridgehead atoms. The molecule has 1 fully saturated rings. The van der Waals surface area contributed by atoms with Crippen LogP contribution in [0.5, 0.6) is 5.75 Å². The third-order valence-corrected chi connectivity index (χ3v) is 6.32. The van der Waals surface area contributed by atoms with Crippen LogP contribution >= 0.6 is 0 Å². The molecule has 5 rings (SSSR count). The number of likely N-dealkylation sites (N-methyl/N-ethyl adjacent to an activating group) is 1. The molecule has 11 nitrogen and oxygen atoms in total. The number of carbonyl (C=O) groups excluding carboxylic acids is 1. The maximum Gasteiger partial charge on any atom is 0.252 e. The summed E-state index contributed by atoms with van der Waals surface area (Å²) >= 11 is 0. The summed E-state index contributed by atoms with van der Waals surface area (Å²) in [5.74, 6) is 1.69. The minimum Gasteiger partial charge on any atom is -0.488 e. The Morgan fingerprint density at radius 1 is 1.22 bits per heavy atom. The number of fused-ring (bicyclic) bond motifs is 1. The van der Waals surface area contributed by atoms with Crippen LogP contribution in [0.25, 0.3) is 16.8 Å². The number of aromatic nitrogens is 5. The fraction of sp³-hybridized carbons (Fsp3) is 0.320. The molecule has 0 aromatic carbocycles. The molecule has 0 spiro atoms. The maximum absolute atomic E-state index is 12.1. The van der Waals surface area contributed by atoms with E-state index in [1.165, 1.54) is 6.20 Å². The van der Waals surface area contributed by atoms with E-state index < -0.39 is 0 Å². The van der Waals surface area contributed by atoms with Crippen molar-refractivity contribution in [3.05, 3.63) is 54.5 Å². The Kier molecular flexibility index (Phi) is 6.51. The Bertz CT molecular complexity index is 1420. The van der Waals surface area contributed by atoms with Gasteiger partial charge in [0, 0.05) is 43.7 Å². The zero-order valence-electron chi connectivity index (χ0n) is 20.2. The minimum absolute atomic E-state index is 0.261. The molecule has 1 aliphatic heterocycles. The molecular weight excluding hydrogens is 458 g/mol. The Labute approximate surface area is 208 Å². The molecule has 184 valence electrons. The summed E-state index contributed by atoms with van der Waals surface area (Å²) in [6.07, 6.45) is 6.57. The number of hydrogen-bond donors (Lipinski definition) is 2. The predicted octanol–water partition coefficient (Wildman–Crippen LogP) is 2.60. The first kappa shape index (κ1) is 23.3. The van der Waals surface area contributed by atoms with Gasteiger partial charge in [-0.05, 0) is 44.3 Å². The van der Waals surface area contributed by atoms with Crippen LogP contribution < -0.4 is 15.4 Å². The van der Waals surface area contributed by atoms with Gasteiger partial charge in [0.1, 0.15) is 18.1 Å². The number of pyridine rings is 2. The first-order chi connectivity index (χ1) is 17.5.